The van der Waals surface area contributed by atoms with Crippen molar-refractivity contribution in [2.24, 2.45) is 5.41 Å². The molecule has 0 aliphatic carbocycles. The van der Waals surface area contributed by atoms with Crippen molar-refractivity contribution in [2.75, 3.05) is 20.3 Å². The summed E-state index contributed by atoms with van der Waals surface area (Å²) in [5, 5.41) is 13.0. The molecular formula is C18H27NO5. The van der Waals surface area contributed by atoms with E-state index in [1.807, 2.05) is 31.2 Å². The molecule has 0 saturated heterocycles. The van der Waals surface area contributed by atoms with Crippen LogP contribution in [0, 0.1) is 5.41 Å². The summed E-state index contributed by atoms with van der Waals surface area (Å²) in [5.41, 5.74) is -1.90. The van der Waals surface area contributed by atoms with E-state index in [9.17, 15) is 14.7 Å². The lowest BCUT2D eigenvalue weighted by atomic mass is 9.68. The second-order valence-electron chi connectivity index (χ2n) is 6.04. The van der Waals surface area contributed by atoms with Crippen LogP contribution in [0.15, 0.2) is 24.3 Å². The van der Waals surface area contributed by atoms with Crippen molar-refractivity contribution in [3.05, 3.63) is 29.8 Å². The zero-order valence-corrected chi connectivity index (χ0v) is 15.0. The maximum atomic E-state index is 12.5. The smallest absolute Gasteiger partial charge is 0.325 e. The molecule has 1 aromatic carbocycles. The molecule has 0 radical (unpaired) electrons. The molecule has 1 aromatic rings. The summed E-state index contributed by atoms with van der Waals surface area (Å²) in [4.78, 5) is 24.5. The molecule has 0 bridgehead atoms. The fraction of sp³-hybridized carbons (Fsp3) is 0.556. The van der Waals surface area contributed by atoms with E-state index >= 15 is 0 Å². The normalized spacial score (nSPS) is 15.9. The molecule has 6 heteroatoms. The van der Waals surface area contributed by atoms with Gasteiger partial charge in [-0.3, -0.25) is 9.59 Å². The Hall–Kier alpha value is -2.08. The van der Waals surface area contributed by atoms with Crippen LogP contribution in [-0.2, 0) is 20.7 Å². The van der Waals surface area contributed by atoms with Crippen LogP contribution in [0.5, 0.6) is 5.75 Å². The molecule has 0 heterocycles. The molecule has 24 heavy (non-hydrogen) atoms. The molecule has 0 aliphatic rings. The number of hydrogen-bond acceptors (Lipinski definition) is 5. The Morgan fingerprint density at radius 2 is 1.92 bits per heavy atom. The zero-order valence-electron chi connectivity index (χ0n) is 15.0. The van der Waals surface area contributed by atoms with Gasteiger partial charge < -0.3 is 19.9 Å². The molecule has 134 valence electrons. The van der Waals surface area contributed by atoms with Crippen molar-refractivity contribution in [1.82, 2.24) is 5.32 Å². The second kappa shape index (κ2) is 8.15. The number of nitrogens with one attached hydrogen (secondary N) is 1. The molecule has 2 atom stereocenters. The first-order valence-corrected chi connectivity index (χ1v) is 8.03. The third kappa shape index (κ3) is 3.87. The summed E-state index contributed by atoms with van der Waals surface area (Å²) in [6.07, 6.45) is 0.333. The molecule has 0 spiro atoms. The van der Waals surface area contributed by atoms with Crippen LogP contribution in [0.2, 0.25) is 0 Å². The fourth-order valence-electron chi connectivity index (χ4n) is 2.82. The van der Waals surface area contributed by atoms with Gasteiger partial charge in [-0.25, -0.2) is 0 Å². The molecule has 2 N–H and O–H groups in total. The largest absolute Gasteiger partial charge is 0.497 e. The minimum atomic E-state index is -1.73. The lowest BCUT2D eigenvalue weighted by Crippen LogP contribution is -2.63. The Morgan fingerprint density at radius 1 is 1.25 bits per heavy atom. The molecule has 0 aliphatic heterocycles. The van der Waals surface area contributed by atoms with Crippen molar-refractivity contribution >= 4 is 11.9 Å². The Balaban J connectivity index is 3.33. The Kier molecular flexibility index (Phi) is 6.78. The number of carboxylic acids is 1. The number of esters is 1. The summed E-state index contributed by atoms with van der Waals surface area (Å²) in [5.74, 6) is -1.28. The van der Waals surface area contributed by atoms with Crippen molar-refractivity contribution in [3.8, 4) is 5.75 Å². The maximum Gasteiger partial charge on any atom is 0.325 e. The van der Waals surface area contributed by atoms with Crippen LogP contribution in [0.4, 0.5) is 0 Å². The van der Waals surface area contributed by atoms with Crippen LogP contribution >= 0.6 is 0 Å². The summed E-state index contributed by atoms with van der Waals surface area (Å²) in [7, 11) is 1.57. The SMILES string of the molecule is CCNC(C)(Cc1cccc(OC)c1)C(C)(C(=O)O)C(=O)OCC. The average molecular weight is 337 g/mol. The predicted octanol–water partition coefficient (Wildman–Crippen LogP) is 2.26. The summed E-state index contributed by atoms with van der Waals surface area (Å²) in [6.45, 7) is 7.33. The first kappa shape index (κ1) is 20.0. The monoisotopic (exact) mass is 337 g/mol. The number of aliphatic carboxylic acids is 1. The van der Waals surface area contributed by atoms with Crippen LogP contribution in [0.1, 0.15) is 33.3 Å². The van der Waals surface area contributed by atoms with Gasteiger partial charge >= 0.3 is 11.9 Å². The molecule has 6 nitrogen and oxygen atoms in total. The van der Waals surface area contributed by atoms with Crippen molar-refractivity contribution < 1.29 is 24.2 Å². The number of rotatable bonds is 9. The lowest BCUT2D eigenvalue weighted by molar-refractivity contribution is -0.173. The number of benzene rings is 1. The van der Waals surface area contributed by atoms with Gasteiger partial charge in [0.1, 0.15) is 5.75 Å². The number of likely N-dealkylation sites (N-methyl/N-ethyl adjacent to an activating group) is 1. The van der Waals surface area contributed by atoms with Crippen LogP contribution in [-0.4, -0.2) is 42.8 Å². The quantitative estimate of drug-likeness (QED) is 0.531. The molecule has 0 saturated carbocycles. The van der Waals surface area contributed by atoms with Gasteiger partial charge in [-0.15, -0.1) is 0 Å². The standard InChI is InChI=1S/C18H27NO5/c1-6-19-17(3,12-13-9-8-10-14(11-13)23-5)18(4,15(20)21)16(22)24-7-2/h8-11,19H,6-7,12H2,1-5H3,(H,20,21). The first-order chi connectivity index (χ1) is 11.2. The molecular weight excluding hydrogens is 310 g/mol. The average Bonchev–Trinajstić information content (AvgIpc) is 2.54. The maximum absolute atomic E-state index is 12.5. The Bertz CT molecular complexity index is 589. The van der Waals surface area contributed by atoms with E-state index in [-0.39, 0.29) is 6.61 Å². The molecule has 1 rings (SSSR count). The Morgan fingerprint density at radius 3 is 2.42 bits per heavy atom. The lowest BCUT2D eigenvalue weighted by Gasteiger charge is -2.42. The van der Waals surface area contributed by atoms with E-state index in [0.717, 1.165) is 5.56 Å². The minimum absolute atomic E-state index is 0.128. The van der Waals surface area contributed by atoms with Gasteiger partial charge in [0.05, 0.1) is 13.7 Å². The zero-order chi connectivity index (χ0) is 18.4. The fourth-order valence-corrected chi connectivity index (χ4v) is 2.82. The van der Waals surface area contributed by atoms with E-state index in [4.69, 9.17) is 9.47 Å². The highest BCUT2D eigenvalue weighted by atomic mass is 16.5. The highest BCUT2D eigenvalue weighted by molar-refractivity contribution is 6.00. The van der Waals surface area contributed by atoms with E-state index in [1.165, 1.54) is 6.92 Å². The molecule has 2 unspecified atom stereocenters. The second-order valence-corrected chi connectivity index (χ2v) is 6.04. The van der Waals surface area contributed by atoms with Crippen molar-refractivity contribution in [1.29, 1.82) is 0 Å². The van der Waals surface area contributed by atoms with Crippen molar-refractivity contribution in [2.45, 2.75) is 39.7 Å². The highest BCUT2D eigenvalue weighted by Crippen LogP contribution is 2.36. The van der Waals surface area contributed by atoms with Crippen molar-refractivity contribution in [3.63, 3.8) is 0 Å². The van der Waals surface area contributed by atoms with Gasteiger partial charge in [0.15, 0.2) is 5.41 Å². The van der Waals surface area contributed by atoms with Crippen LogP contribution in [0.3, 0.4) is 0 Å². The first-order valence-electron chi connectivity index (χ1n) is 8.03. The van der Waals surface area contributed by atoms with E-state index in [2.05, 4.69) is 5.32 Å². The van der Waals surface area contributed by atoms with Gasteiger partial charge in [-0.1, -0.05) is 19.1 Å². The number of carbonyl (C=O) groups excluding carboxylic acids is 1. The number of ether oxygens (including phenoxy) is 2. The topological polar surface area (TPSA) is 84.9 Å². The molecule has 0 aromatic heterocycles. The number of carboxylic acid groups (broad SMARTS) is 1. The van der Waals surface area contributed by atoms with E-state index < -0.39 is 22.9 Å². The number of hydrogen-bond donors (Lipinski definition) is 2. The molecule has 0 fully saturated rings. The third-order valence-corrected chi connectivity index (χ3v) is 4.47. The van der Waals surface area contributed by atoms with Gasteiger partial charge in [-0.05, 0) is 51.4 Å². The minimum Gasteiger partial charge on any atom is -0.497 e. The summed E-state index contributed by atoms with van der Waals surface area (Å²) in [6, 6.07) is 7.37. The van der Waals surface area contributed by atoms with E-state index in [0.29, 0.717) is 18.7 Å². The molecule has 0 amide bonds. The summed E-state index contributed by atoms with van der Waals surface area (Å²) >= 11 is 0. The van der Waals surface area contributed by atoms with Gasteiger partial charge in [-0.2, -0.15) is 0 Å². The van der Waals surface area contributed by atoms with E-state index in [1.54, 1.807) is 21.0 Å². The van der Waals surface area contributed by atoms with Gasteiger partial charge in [0.25, 0.3) is 0 Å². The summed E-state index contributed by atoms with van der Waals surface area (Å²) < 4.78 is 10.3. The van der Waals surface area contributed by atoms with Crippen LogP contribution in [0.25, 0.3) is 0 Å². The van der Waals surface area contributed by atoms with Gasteiger partial charge in [0.2, 0.25) is 0 Å². The van der Waals surface area contributed by atoms with Gasteiger partial charge in [0, 0.05) is 5.54 Å². The number of carbonyl (C=O) groups is 2. The predicted molar refractivity (Wildman–Crippen MR) is 91.2 cm³/mol. The Labute approximate surface area is 143 Å². The highest BCUT2D eigenvalue weighted by Gasteiger charge is 2.57. The number of methoxy groups -OCH3 is 1. The third-order valence-electron chi connectivity index (χ3n) is 4.47. The van der Waals surface area contributed by atoms with Crippen LogP contribution < -0.4 is 10.1 Å².